The van der Waals surface area contributed by atoms with E-state index in [4.69, 9.17) is 34.8 Å². The van der Waals surface area contributed by atoms with Crippen molar-refractivity contribution in [2.45, 2.75) is 6.92 Å². The van der Waals surface area contributed by atoms with Gasteiger partial charge in [-0.2, -0.15) is 5.10 Å². The van der Waals surface area contributed by atoms with Gasteiger partial charge in [0.05, 0.1) is 16.3 Å². The van der Waals surface area contributed by atoms with Gasteiger partial charge >= 0.3 is 0 Å². The number of rotatable bonds is 3. The molecule has 0 saturated carbocycles. The zero-order valence-corrected chi connectivity index (χ0v) is 13.8. The first-order chi connectivity index (χ1) is 10.6. The van der Waals surface area contributed by atoms with Crippen LogP contribution in [0.25, 0.3) is 10.9 Å². The molecular formula is C15H11Cl3N4. The molecule has 3 rings (SSSR count). The Morgan fingerprint density at radius 1 is 1.18 bits per heavy atom. The Morgan fingerprint density at radius 2 is 1.95 bits per heavy atom. The highest BCUT2D eigenvalue weighted by Gasteiger charge is 2.08. The Balaban J connectivity index is 1.88. The fraction of sp³-hybridized carbons (Fsp3) is 0.0667. The van der Waals surface area contributed by atoms with E-state index in [-0.39, 0.29) is 5.15 Å². The molecule has 0 aliphatic carbocycles. The summed E-state index contributed by atoms with van der Waals surface area (Å²) >= 11 is 17.7. The summed E-state index contributed by atoms with van der Waals surface area (Å²) in [5, 5.41) is 6.10. The van der Waals surface area contributed by atoms with Crippen LogP contribution in [0.15, 0.2) is 35.4 Å². The van der Waals surface area contributed by atoms with Crippen molar-refractivity contribution in [1.29, 1.82) is 0 Å². The Morgan fingerprint density at radius 3 is 2.77 bits per heavy atom. The van der Waals surface area contributed by atoms with Crippen molar-refractivity contribution >= 4 is 57.7 Å². The molecule has 0 amide bonds. The van der Waals surface area contributed by atoms with E-state index in [1.807, 2.05) is 31.2 Å². The van der Waals surface area contributed by atoms with Gasteiger partial charge in [-0.05, 0) is 19.1 Å². The second-order valence-corrected chi connectivity index (χ2v) is 5.84. The zero-order valence-electron chi connectivity index (χ0n) is 11.5. The third-order valence-corrected chi connectivity index (χ3v) is 4.16. The highest BCUT2D eigenvalue weighted by molar-refractivity contribution is 6.42. The summed E-state index contributed by atoms with van der Waals surface area (Å²) < 4.78 is 0. The minimum Gasteiger partial charge on any atom is -0.358 e. The Bertz CT molecular complexity index is 871. The number of aromatic nitrogens is 2. The molecule has 0 radical (unpaired) electrons. The van der Waals surface area contributed by atoms with Gasteiger partial charge < -0.3 is 4.98 Å². The second-order valence-electron chi connectivity index (χ2n) is 4.67. The standard InChI is InChI=1S/C15H11Cl3N4/c1-8-10(9-4-2-3-5-13(9)20-8)7-19-22-15-12(17)6-11(16)14(18)21-15/h2-7,20H,1H3,(H,21,22). The van der Waals surface area contributed by atoms with Crippen LogP contribution < -0.4 is 5.43 Å². The molecule has 0 atom stereocenters. The summed E-state index contributed by atoms with van der Waals surface area (Å²) in [6.07, 6.45) is 1.72. The number of aromatic amines is 1. The van der Waals surface area contributed by atoms with Crippen molar-refractivity contribution in [3.63, 3.8) is 0 Å². The van der Waals surface area contributed by atoms with Gasteiger partial charge in [0.15, 0.2) is 5.82 Å². The fourth-order valence-corrected chi connectivity index (χ4v) is 2.69. The number of halogens is 3. The van der Waals surface area contributed by atoms with Crippen LogP contribution in [0, 0.1) is 6.92 Å². The van der Waals surface area contributed by atoms with E-state index in [0.29, 0.717) is 15.9 Å². The molecule has 0 aliphatic rings. The van der Waals surface area contributed by atoms with Crippen LogP contribution in [0.4, 0.5) is 5.82 Å². The molecule has 2 aromatic heterocycles. The number of fused-ring (bicyclic) bond motifs is 1. The lowest BCUT2D eigenvalue weighted by Crippen LogP contribution is -1.95. The smallest absolute Gasteiger partial charge is 0.166 e. The number of hydrogen-bond acceptors (Lipinski definition) is 3. The van der Waals surface area contributed by atoms with Crippen LogP contribution in [0.2, 0.25) is 15.2 Å². The van der Waals surface area contributed by atoms with E-state index in [2.05, 4.69) is 20.5 Å². The number of pyridine rings is 1. The van der Waals surface area contributed by atoms with Crippen molar-refractivity contribution in [1.82, 2.24) is 9.97 Å². The summed E-state index contributed by atoms with van der Waals surface area (Å²) in [5.41, 5.74) is 5.87. The SMILES string of the molecule is Cc1[nH]c2ccccc2c1C=NNc1nc(Cl)c(Cl)cc1Cl. The highest BCUT2D eigenvalue weighted by atomic mass is 35.5. The molecule has 112 valence electrons. The number of para-hydroxylation sites is 1. The van der Waals surface area contributed by atoms with Gasteiger partial charge in [-0.15, -0.1) is 0 Å². The summed E-state index contributed by atoms with van der Waals surface area (Å²) in [4.78, 5) is 7.35. The fourth-order valence-electron chi connectivity index (χ4n) is 2.15. The molecule has 0 fully saturated rings. The van der Waals surface area contributed by atoms with E-state index in [9.17, 15) is 0 Å². The largest absolute Gasteiger partial charge is 0.358 e. The molecule has 2 heterocycles. The van der Waals surface area contributed by atoms with Gasteiger partial charge in [0.1, 0.15) is 5.15 Å². The maximum absolute atomic E-state index is 6.04. The summed E-state index contributed by atoms with van der Waals surface area (Å²) in [5.74, 6) is 0.352. The van der Waals surface area contributed by atoms with Crippen molar-refractivity contribution in [2.75, 3.05) is 5.43 Å². The number of H-pyrrole nitrogens is 1. The van der Waals surface area contributed by atoms with Crippen LogP contribution in [0.1, 0.15) is 11.3 Å². The van der Waals surface area contributed by atoms with Crippen LogP contribution >= 0.6 is 34.8 Å². The average molecular weight is 354 g/mol. The predicted octanol–water partition coefficient (Wildman–Crippen LogP) is 5.28. The molecule has 0 unspecified atom stereocenters. The third-order valence-electron chi connectivity index (χ3n) is 3.19. The van der Waals surface area contributed by atoms with Crippen molar-refractivity contribution < 1.29 is 0 Å². The van der Waals surface area contributed by atoms with Gasteiger partial charge in [0.2, 0.25) is 0 Å². The van der Waals surface area contributed by atoms with Gasteiger partial charge in [0, 0.05) is 22.2 Å². The van der Waals surface area contributed by atoms with E-state index in [1.165, 1.54) is 6.07 Å². The molecule has 7 heteroatoms. The van der Waals surface area contributed by atoms with Gasteiger partial charge in [0.25, 0.3) is 0 Å². The first-order valence-corrected chi connectivity index (χ1v) is 7.57. The highest BCUT2D eigenvalue weighted by Crippen LogP contribution is 2.28. The number of nitrogens with zero attached hydrogens (tertiary/aromatic N) is 2. The Labute approximate surface area is 142 Å². The summed E-state index contributed by atoms with van der Waals surface area (Å²) in [6.45, 7) is 1.99. The third kappa shape index (κ3) is 2.90. The van der Waals surface area contributed by atoms with Crippen LogP contribution in [-0.4, -0.2) is 16.2 Å². The number of benzene rings is 1. The molecule has 0 saturated heterocycles. The molecule has 0 spiro atoms. The number of hydrazone groups is 1. The lowest BCUT2D eigenvalue weighted by Gasteiger charge is -2.04. The maximum atomic E-state index is 6.04. The topological polar surface area (TPSA) is 53.1 Å². The number of nitrogens with one attached hydrogen (secondary N) is 2. The maximum Gasteiger partial charge on any atom is 0.166 e. The molecule has 0 aliphatic heterocycles. The number of aryl methyl sites for hydroxylation is 1. The van der Waals surface area contributed by atoms with E-state index in [1.54, 1.807) is 6.21 Å². The lowest BCUT2D eigenvalue weighted by molar-refractivity contribution is 1.23. The zero-order chi connectivity index (χ0) is 15.7. The van der Waals surface area contributed by atoms with E-state index in [0.717, 1.165) is 22.2 Å². The predicted molar refractivity (Wildman–Crippen MR) is 93.5 cm³/mol. The van der Waals surface area contributed by atoms with Crippen LogP contribution in [-0.2, 0) is 0 Å². The van der Waals surface area contributed by atoms with E-state index >= 15 is 0 Å². The Kier molecular flexibility index (Phi) is 4.25. The number of anilines is 1. The quantitative estimate of drug-likeness (QED) is 0.382. The van der Waals surface area contributed by atoms with E-state index < -0.39 is 0 Å². The molecule has 4 nitrogen and oxygen atoms in total. The molecular weight excluding hydrogens is 343 g/mol. The molecule has 0 bridgehead atoms. The first-order valence-electron chi connectivity index (χ1n) is 6.44. The molecule has 2 N–H and O–H groups in total. The van der Waals surface area contributed by atoms with Crippen LogP contribution in [0.5, 0.6) is 0 Å². The molecule has 1 aromatic carbocycles. The van der Waals surface area contributed by atoms with Crippen molar-refractivity contribution in [3.05, 3.63) is 56.8 Å². The van der Waals surface area contributed by atoms with Gasteiger partial charge in [-0.25, -0.2) is 4.98 Å². The lowest BCUT2D eigenvalue weighted by atomic mass is 10.1. The van der Waals surface area contributed by atoms with Crippen molar-refractivity contribution in [2.24, 2.45) is 5.10 Å². The normalized spacial score (nSPS) is 11.5. The van der Waals surface area contributed by atoms with Crippen LogP contribution in [0.3, 0.4) is 0 Å². The minimum atomic E-state index is 0.173. The summed E-state index contributed by atoms with van der Waals surface area (Å²) in [6, 6.07) is 9.54. The van der Waals surface area contributed by atoms with Crippen molar-refractivity contribution in [3.8, 4) is 0 Å². The monoisotopic (exact) mass is 352 g/mol. The molecule has 22 heavy (non-hydrogen) atoms. The number of hydrogen-bond donors (Lipinski definition) is 2. The second kappa shape index (κ2) is 6.16. The van der Waals surface area contributed by atoms with Gasteiger partial charge in [-0.3, -0.25) is 5.43 Å². The summed E-state index contributed by atoms with van der Waals surface area (Å²) in [7, 11) is 0. The Hall–Kier alpha value is -1.75. The minimum absolute atomic E-state index is 0.173. The molecule has 3 aromatic rings. The average Bonchev–Trinajstić information content (AvgIpc) is 2.80. The van der Waals surface area contributed by atoms with Gasteiger partial charge in [-0.1, -0.05) is 53.0 Å². The first kappa shape index (κ1) is 15.2.